The summed E-state index contributed by atoms with van der Waals surface area (Å²) >= 11 is 0. The molecule has 2 aromatic heterocycles. The summed E-state index contributed by atoms with van der Waals surface area (Å²) in [4.78, 5) is 31.9. The highest BCUT2D eigenvalue weighted by Gasteiger charge is 2.24. The molecule has 3 aromatic rings. The number of amides is 2. The van der Waals surface area contributed by atoms with Gasteiger partial charge in [0, 0.05) is 42.8 Å². The summed E-state index contributed by atoms with van der Waals surface area (Å²) in [7, 11) is 0. The third kappa shape index (κ3) is 4.14. The molecule has 0 unspecified atom stereocenters. The number of rotatable bonds is 5. The van der Waals surface area contributed by atoms with E-state index in [9.17, 15) is 9.59 Å². The Balaban J connectivity index is 1.38. The van der Waals surface area contributed by atoms with Gasteiger partial charge in [0.25, 0.3) is 0 Å². The van der Waals surface area contributed by atoms with Crippen molar-refractivity contribution in [2.75, 3.05) is 17.2 Å². The van der Waals surface area contributed by atoms with E-state index in [1.807, 2.05) is 30.3 Å². The molecule has 0 spiro atoms. The molecule has 3 N–H and O–H groups in total. The Morgan fingerprint density at radius 1 is 1.18 bits per heavy atom. The second-order valence-corrected chi connectivity index (χ2v) is 6.44. The van der Waals surface area contributed by atoms with Crippen LogP contribution in [0.25, 0.3) is 5.82 Å². The standard InChI is InChI=1S/C19H19N7O2/c27-18-7-2-13(11-20-18)19(28)25-15-5-3-14(4-6-15)24-16-10-17(22-12-21-16)26-9-1-8-23-26/h1,3-6,8-10,12-13H,2,7,11H2,(H,20,27)(H,25,28)(H,21,22,24)/t13-/m0/s1. The van der Waals surface area contributed by atoms with Gasteiger partial charge in [0.05, 0.1) is 5.92 Å². The van der Waals surface area contributed by atoms with Crippen molar-refractivity contribution >= 4 is 29.0 Å². The van der Waals surface area contributed by atoms with Gasteiger partial charge in [-0.15, -0.1) is 0 Å². The highest BCUT2D eigenvalue weighted by atomic mass is 16.2. The normalized spacial score (nSPS) is 16.3. The van der Waals surface area contributed by atoms with E-state index in [2.05, 4.69) is 31.0 Å². The zero-order valence-corrected chi connectivity index (χ0v) is 15.0. The van der Waals surface area contributed by atoms with Crippen molar-refractivity contribution in [2.24, 2.45) is 5.92 Å². The van der Waals surface area contributed by atoms with E-state index in [-0.39, 0.29) is 17.7 Å². The van der Waals surface area contributed by atoms with Gasteiger partial charge in [-0.3, -0.25) is 9.59 Å². The minimum atomic E-state index is -0.197. The van der Waals surface area contributed by atoms with E-state index in [0.717, 1.165) is 5.69 Å². The number of anilines is 3. The molecule has 0 saturated carbocycles. The van der Waals surface area contributed by atoms with Crippen molar-refractivity contribution in [3.05, 3.63) is 55.1 Å². The van der Waals surface area contributed by atoms with E-state index < -0.39 is 0 Å². The third-order valence-corrected chi connectivity index (χ3v) is 4.45. The monoisotopic (exact) mass is 377 g/mol. The van der Waals surface area contributed by atoms with Gasteiger partial charge in [-0.25, -0.2) is 14.6 Å². The Hall–Kier alpha value is -3.75. The molecular weight excluding hydrogens is 358 g/mol. The Morgan fingerprint density at radius 2 is 2.00 bits per heavy atom. The number of benzene rings is 1. The van der Waals surface area contributed by atoms with Crippen LogP contribution < -0.4 is 16.0 Å². The van der Waals surface area contributed by atoms with Crippen LogP contribution in [0.3, 0.4) is 0 Å². The quantitative estimate of drug-likeness (QED) is 0.625. The maximum Gasteiger partial charge on any atom is 0.229 e. The lowest BCUT2D eigenvalue weighted by atomic mass is 9.98. The maximum atomic E-state index is 12.3. The van der Waals surface area contributed by atoms with Crippen LogP contribution in [0.15, 0.2) is 55.1 Å². The number of carbonyl (C=O) groups excluding carboxylic acids is 2. The Morgan fingerprint density at radius 3 is 2.71 bits per heavy atom. The molecule has 1 fully saturated rings. The molecule has 0 radical (unpaired) electrons. The van der Waals surface area contributed by atoms with Crippen molar-refractivity contribution < 1.29 is 9.59 Å². The molecule has 0 aliphatic carbocycles. The summed E-state index contributed by atoms with van der Waals surface area (Å²) in [6, 6.07) is 11.0. The lowest BCUT2D eigenvalue weighted by Crippen LogP contribution is -2.40. The predicted octanol–water partition coefficient (Wildman–Crippen LogP) is 1.87. The number of hydrogen-bond donors (Lipinski definition) is 3. The number of hydrogen-bond acceptors (Lipinski definition) is 6. The second kappa shape index (κ2) is 7.87. The molecule has 0 bridgehead atoms. The van der Waals surface area contributed by atoms with E-state index in [1.165, 1.54) is 6.33 Å². The highest BCUT2D eigenvalue weighted by Crippen LogP contribution is 2.20. The molecule has 1 aromatic carbocycles. The molecule has 9 heteroatoms. The van der Waals surface area contributed by atoms with Gasteiger partial charge in [-0.2, -0.15) is 5.10 Å². The fourth-order valence-corrected chi connectivity index (χ4v) is 2.93. The van der Waals surface area contributed by atoms with Crippen LogP contribution in [0, 0.1) is 5.92 Å². The molecule has 1 aliphatic rings. The number of carbonyl (C=O) groups is 2. The van der Waals surface area contributed by atoms with Gasteiger partial charge in [0.15, 0.2) is 5.82 Å². The molecule has 1 aliphatic heterocycles. The fraction of sp³-hybridized carbons (Fsp3) is 0.211. The first-order valence-electron chi connectivity index (χ1n) is 8.94. The molecule has 142 valence electrons. The lowest BCUT2D eigenvalue weighted by molar-refractivity contribution is -0.126. The molecule has 2 amide bonds. The minimum absolute atomic E-state index is 0.0000807. The summed E-state index contributed by atoms with van der Waals surface area (Å²) < 4.78 is 1.65. The smallest absolute Gasteiger partial charge is 0.229 e. The molecule has 4 rings (SSSR count). The molecule has 9 nitrogen and oxygen atoms in total. The zero-order valence-electron chi connectivity index (χ0n) is 15.0. The van der Waals surface area contributed by atoms with Gasteiger partial charge in [-0.1, -0.05) is 0 Å². The largest absolute Gasteiger partial charge is 0.355 e. The number of nitrogens with one attached hydrogen (secondary N) is 3. The van der Waals surface area contributed by atoms with Crippen LogP contribution in [0.4, 0.5) is 17.2 Å². The first kappa shape index (κ1) is 17.7. The van der Waals surface area contributed by atoms with Gasteiger partial charge in [-0.05, 0) is 36.8 Å². The average molecular weight is 377 g/mol. The Labute approximate surface area is 161 Å². The topological polar surface area (TPSA) is 114 Å². The van der Waals surface area contributed by atoms with Crippen LogP contribution in [0.2, 0.25) is 0 Å². The van der Waals surface area contributed by atoms with Gasteiger partial charge in [0.1, 0.15) is 12.1 Å². The summed E-state index contributed by atoms with van der Waals surface area (Å²) in [5, 5.41) is 13.0. The second-order valence-electron chi connectivity index (χ2n) is 6.44. The van der Waals surface area contributed by atoms with Gasteiger partial charge in [0.2, 0.25) is 11.8 Å². The van der Waals surface area contributed by atoms with Crippen LogP contribution in [-0.4, -0.2) is 38.1 Å². The van der Waals surface area contributed by atoms with Crippen molar-refractivity contribution in [3.8, 4) is 5.82 Å². The molecule has 3 heterocycles. The van der Waals surface area contributed by atoms with Crippen LogP contribution in [0.5, 0.6) is 0 Å². The number of piperidine rings is 1. The van der Waals surface area contributed by atoms with Gasteiger partial charge >= 0.3 is 0 Å². The minimum Gasteiger partial charge on any atom is -0.355 e. The number of aromatic nitrogens is 4. The van der Waals surface area contributed by atoms with Crippen LogP contribution in [-0.2, 0) is 9.59 Å². The SMILES string of the molecule is O=C1CC[C@H](C(=O)Nc2ccc(Nc3cc(-n4cccn4)ncn3)cc2)CN1. The maximum absolute atomic E-state index is 12.3. The Bertz CT molecular complexity index is 960. The first-order valence-corrected chi connectivity index (χ1v) is 8.94. The highest BCUT2D eigenvalue weighted by molar-refractivity contribution is 5.94. The fourth-order valence-electron chi connectivity index (χ4n) is 2.93. The third-order valence-electron chi connectivity index (χ3n) is 4.45. The summed E-state index contributed by atoms with van der Waals surface area (Å²) in [5.41, 5.74) is 1.53. The van der Waals surface area contributed by atoms with Crippen molar-refractivity contribution in [1.82, 2.24) is 25.1 Å². The van der Waals surface area contributed by atoms with Crippen LogP contribution in [0.1, 0.15) is 12.8 Å². The first-order chi connectivity index (χ1) is 13.7. The van der Waals surface area contributed by atoms with E-state index in [0.29, 0.717) is 36.7 Å². The summed E-state index contributed by atoms with van der Waals surface area (Å²) in [5.74, 6) is 1.01. The lowest BCUT2D eigenvalue weighted by Gasteiger charge is -2.21. The predicted molar refractivity (Wildman–Crippen MR) is 103 cm³/mol. The van der Waals surface area contributed by atoms with Gasteiger partial charge < -0.3 is 16.0 Å². The van der Waals surface area contributed by atoms with Crippen molar-refractivity contribution in [2.45, 2.75) is 12.8 Å². The van der Waals surface area contributed by atoms with E-state index in [1.54, 1.807) is 23.1 Å². The Kier molecular flexibility index (Phi) is 4.96. The van der Waals surface area contributed by atoms with Crippen molar-refractivity contribution in [1.29, 1.82) is 0 Å². The summed E-state index contributed by atoms with van der Waals surface area (Å²) in [6.45, 7) is 0.386. The van der Waals surface area contributed by atoms with Crippen LogP contribution >= 0.6 is 0 Å². The van der Waals surface area contributed by atoms with E-state index in [4.69, 9.17) is 0 Å². The molecule has 28 heavy (non-hydrogen) atoms. The van der Waals surface area contributed by atoms with E-state index >= 15 is 0 Å². The van der Waals surface area contributed by atoms with Crippen molar-refractivity contribution in [3.63, 3.8) is 0 Å². The number of nitrogens with zero attached hydrogens (tertiary/aromatic N) is 4. The zero-order chi connectivity index (χ0) is 19.3. The molecule has 1 saturated heterocycles. The molecule has 1 atom stereocenters. The molecular formula is C19H19N7O2. The summed E-state index contributed by atoms with van der Waals surface area (Å²) in [6.07, 6.45) is 5.92. The average Bonchev–Trinajstić information content (AvgIpc) is 3.25.